The Bertz CT molecular complexity index is 657. The number of benzene rings is 1. The second-order valence-electron chi connectivity index (χ2n) is 5.51. The number of carbonyl (C=O) groups is 3. The van der Waals surface area contributed by atoms with Crippen LogP contribution in [0.5, 0.6) is 0 Å². The van der Waals surface area contributed by atoms with Gasteiger partial charge in [0.1, 0.15) is 6.04 Å². The lowest BCUT2D eigenvalue weighted by atomic mass is 10.1. The molecule has 1 fully saturated rings. The molecule has 1 heterocycles. The van der Waals surface area contributed by atoms with Crippen molar-refractivity contribution in [3.63, 3.8) is 0 Å². The first-order valence-corrected chi connectivity index (χ1v) is 8.70. The Hall–Kier alpha value is -2.20. The van der Waals surface area contributed by atoms with Crippen molar-refractivity contribution in [3.05, 3.63) is 24.3 Å². The minimum Gasteiger partial charge on any atom is -0.469 e. The Balaban J connectivity index is 1.94. The molecular weight excluding hydrogens is 368 g/mol. The highest BCUT2D eigenvalue weighted by molar-refractivity contribution is 7.99. The topological polar surface area (TPSA) is 87.7 Å². The molecule has 2 rings (SSSR count). The number of hydrogen-bond acceptors (Lipinski definition) is 6. The van der Waals surface area contributed by atoms with E-state index >= 15 is 0 Å². The molecule has 1 aliphatic heterocycles. The highest BCUT2D eigenvalue weighted by Crippen LogP contribution is 2.26. The number of nitrogens with one attached hydrogen (secondary N) is 2. The number of amides is 2. The van der Waals surface area contributed by atoms with Gasteiger partial charge in [-0.25, -0.2) is 0 Å². The summed E-state index contributed by atoms with van der Waals surface area (Å²) in [7, 11) is 1.23. The minimum absolute atomic E-state index is 0.0807. The average Bonchev–Trinajstić information content (AvgIpc) is 2.59. The van der Waals surface area contributed by atoms with Crippen molar-refractivity contribution in [1.82, 2.24) is 10.2 Å². The number of rotatable bonds is 7. The van der Waals surface area contributed by atoms with E-state index in [-0.39, 0.29) is 24.8 Å². The third-order valence-electron chi connectivity index (χ3n) is 3.74. The first-order chi connectivity index (χ1) is 12.4. The molecular formula is C16H19F2N3O4S. The summed E-state index contributed by atoms with van der Waals surface area (Å²) in [5.41, 5.74) is 0.458. The molecule has 0 aromatic heterocycles. The van der Waals surface area contributed by atoms with Crippen molar-refractivity contribution in [3.8, 4) is 0 Å². The largest absolute Gasteiger partial charge is 0.469 e. The van der Waals surface area contributed by atoms with Crippen molar-refractivity contribution < 1.29 is 27.9 Å². The van der Waals surface area contributed by atoms with Gasteiger partial charge in [0.15, 0.2) is 0 Å². The highest BCUT2D eigenvalue weighted by Gasteiger charge is 2.33. The number of hydrogen-bond donors (Lipinski definition) is 2. The van der Waals surface area contributed by atoms with E-state index in [1.165, 1.54) is 31.4 Å². The van der Waals surface area contributed by atoms with Crippen molar-refractivity contribution in [2.24, 2.45) is 0 Å². The molecule has 2 amide bonds. The van der Waals surface area contributed by atoms with Gasteiger partial charge in [-0.3, -0.25) is 19.3 Å². The monoisotopic (exact) mass is 387 g/mol. The van der Waals surface area contributed by atoms with E-state index in [1.54, 1.807) is 4.90 Å². The summed E-state index contributed by atoms with van der Waals surface area (Å²) in [6.45, 7) is 0.719. The summed E-state index contributed by atoms with van der Waals surface area (Å²) >= 11 is 0.420. The van der Waals surface area contributed by atoms with Crippen molar-refractivity contribution in [2.75, 3.05) is 32.1 Å². The molecule has 1 saturated heterocycles. The Labute approximate surface area is 153 Å². The Kier molecular flexibility index (Phi) is 7.34. The molecule has 1 aromatic carbocycles. The Morgan fingerprint density at radius 1 is 1.38 bits per heavy atom. The maximum absolute atomic E-state index is 12.3. The van der Waals surface area contributed by atoms with Crippen molar-refractivity contribution in [1.29, 1.82) is 0 Å². The fourth-order valence-corrected chi connectivity index (χ4v) is 3.02. The number of methoxy groups -OCH3 is 1. The van der Waals surface area contributed by atoms with Crippen LogP contribution in [0.2, 0.25) is 0 Å². The van der Waals surface area contributed by atoms with Crippen LogP contribution in [0.15, 0.2) is 29.2 Å². The van der Waals surface area contributed by atoms with Gasteiger partial charge in [0, 0.05) is 23.7 Å². The minimum atomic E-state index is -2.51. The molecule has 142 valence electrons. The van der Waals surface area contributed by atoms with Gasteiger partial charge in [-0.05, 0) is 24.3 Å². The van der Waals surface area contributed by atoms with Gasteiger partial charge in [-0.15, -0.1) is 0 Å². The van der Waals surface area contributed by atoms with Crippen LogP contribution in [-0.4, -0.2) is 61.2 Å². The summed E-state index contributed by atoms with van der Waals surface area (Å²) in [5, 5.41) is 5.30. The summed E-state index contributed by atoms with van der Waals surface area (Å²) < 4.78 is 29.2. The van der Waals surface area contributed by atoms with Gasteiger partial charge in [-0.1, -0.05) is 11.8 Å². The molecule has 0 unspecified atom stereocenters. The number of esters is 1. The third-order valence-corrected chi connectivity index (χ3v) is 4.46. The van der Waals surface area contributed by atoms with Gasteiger partial charge in [0.25, 0.3) is 5.76 Å². The number of alkyl halides is 2. The molecule has 1 atom stereocenters. The lowest BCUT2D eigenvalue weighted by Crippen LogP contribution is -2.57. The molecule has 0 spiro atoms. The first-order valence-electron chi connectivity index (χ1n) is 7.82. The van der Waals surface area contributed by atoms with Crippen LogP contribution in [0.3, 0.4) is 0 Å². The Morgan fingerprint density at radius 2 is 2.08 bits per heavy atom. The second-order valence-corrected chi connectivity index (χ2v) is 6.57. The van der Waals surface area contributed by atoms with E-state index in [9.17, 15) is 23.2 Å². The molecule has 7 nitrogen and oxygen atoms in total. The number of halogens is 2. The Morgan fingerprint density at radius 3 is 2.69 bits per heavy atom. The van der Waals surface area contributed by atoms with Crippen molar-refractivity contribution >= 4 is 35.2 Å². The van der Waals surface area contributed by atoms with E-state index in [2.05, 4.69) is 15.4 Å². The normalized spacial score (nSPS) is 17.7. The SMILES string of the molecule is COC(=O)C[C@H]1C(=O)NCCN1CC(=O)Nc1ccc(SC(F)F)cc1. The first kappa shape index (κ1) is 20.1. The van der Waals surface area contributed by atoms with Crippen LogP contribution in [0.1, 0.15) is 6.42 Å². The summed E-state index contributed by atoms with van der Waals surface area (Å²) in [5.74, 6) is -3.75. The van der Waals surface area contributed by atoms with Gasteiger partial charge < -0.3 is 15.4 Å². The average molecular weight is 387 g/mol. The molecule has 0 saturated carbocycles. The van der Waals surface area contributed by atoms with Crippen LogP contribution >= 0.6 is 11.8 Å². The highest BCUT2D eigenvalue weighted by atomic mass is 32.2. The maximum atomic E-state index is 12.3. The molecule has 10 heteroatoms. The van der Waals surface area contributed by atoms with E-state index in [0.29, 0.717) is 35.4 Å². The van der Waals surface area contributed by atoms with Gasteiger partial charge in [0.05, 0.1) is 20.1 Å². The summed E-state index contributed by atoms with van der Waals surface area (Å²) in [6.07, 6.45) is -0.144. The maximum Gasteiger partial charge on any atom is 0.307 e. The molecule has 0 aliphatic carbocycles. The van der Waals surface area contributed by atoms with E-state index < -0.39 is 17.8 Å². The van der Waals surface area contributed by atoms with Gasteiger partial charge in [0.2, 0.25) is 11.8 Å². The molecule has 0 radical (unpaired) electrons. The van der Waals surface area contributed by atoms with Crippen LogP contribution in [0, 0.1) is 0 Å². The van der Waals surface area contributed by atoms with E-state index in [1.807, 2.05) is 0 Å². The van der Waals surface area contributed by atoms with Crippen molar-refractivity contribution in [2.45, 2.75) is 23.1 Å². The van der Waals surface area contributed by atoms with Crippen LogP contribution in [-0.2, 0) is 19.1 Å². The van der Waals surface area contributed by atoms with E-state index in [4.69, 9.17) is 0 Å². The predicted octanol–water partition coefficient (Wildman–Crippen LogP) is 1.30. The van der Waals surface area contributed by atoms with Crippen LogP contribution in [0.4, 0.5) is 14.5 Å². The van der Waals surface area contributed by atoms with Gasteiger partial charge in [-0.2, -0.15) is 8.78 Å². The van der Waals surface area contributed by atoms with E-state index in [0.717, 1.165) is 0 Å². The number of ether oxygens (including phenoxy) is 1. The molecule has 0 bridgehead atoms. The summed E-state index contributed by atoms with van der Waals surface area (Å²) in [4.78, 5) is 37.7. The zero-order valence-electron chi connectivity index (χ0n) is 14.0. The third kappa shape index (κ3) is 5.95. The zero-order valence-corrected chi connectivity index (χ0v) is 14.9. The zero-order chi connectivity index (χ0) is 19.1. The van der Waals surface area contributed by atoms with Gasteiger partial charge >= 0.3 is 5.97 Å². The predicted molar refractivity (Wildman–Crippen MR) is 91.9 cm³/mol. The quantitative estimate of drug-likeness (QED) is 0.542. The number of thioether (sulfide) groups is 1. The lowest BCUT2D eigenvalue weighted by molar-refractivity contribution is -0.146. The number of anilines is 1. The molecule has 1 aromatic rings. The van der Waals surface area contributed by atoms with Crippen LogP contribution in [0.25, 0.3) is 0 Å². The number of piperazine rings is 1. The molecule has 1 aliphatic rings. The fourth-order valence-electron chi connectivity index (χ4n) is 2.52. The molecule has 2 N–H and O–H groups in total. The molecule has 26 heavy (non-hydrogen) atoms. The number of carbonyl (C=O) groups excluding carboxylic acids is 3. The summed E-state index contributed by atoms with van der Waals surface area (Å²) in [6, 6.07) is 5.25. The fraction of sp³-hybridized carbons (Fsp3) is 0.438. The lowest BCUT2D eigenvalue weighted by Gasteiger charge is -2.33. The standard InChI is InChI=1S/C16H19F2N3O4S/c1-25-14(23)8-12-15(24)19-6-7-21(12)9-13(22)20-10-2-4-11(5-3-10)26-16(17)18/h2-5,12,16H,6-9H2,1H3,(H,19,24)(H,20,22)/t12-/m0/s1. The van der Waals surface area contributed by atoms with Crippen LogP contribution < -0.4 is 10.6 Å². The number of nitrogens with zero attached hydrogens (tertiary/aromatic N) is 1. The second kappa shape index (κ2) is 9.48. The smallest absolute Gasteiger partial charge is 0.307 e.